The normalized spacial score (nSPS) is 12.0. The van der Waals surface area contributed by atoms with Crippen molar-refractivity contribution in [3.63, 3.8) is 0 Å². The summed E-state index contributed by atoms with van der Waals surface area (Å²) in [5, 5.41) is 10.9. The van der Waals surface area contributed by atoms with Crippen LogP contribution in [-0.2, 0) is 11.3 Å². The van der Waals surface area contributed by atoms with Crippen molar-refractivity contribution in [3.05, 3.63) is 64.7 Å². The van der Waals surface area contributed by atoms with Gasteiger partial charge in [0.15, 0.2) is 5.82 Å². The number of H-pyrrole nitrogens is 1. The highest BCUT2D eigenvalue weighted by Crippen LogP contribution is 2.23. The molecule has 0 bridgehead atoms. The second-order valence-corrected chi connectivity index (χ2v) is 7.62. The molecule has 5 nitrogen and oxygen atoms in total. The summed E-state index contributed by atoms with van der Waals surface area (Å²) in [6.07, 6.45) is 0. The lowest BCUT2D eigenvalue weighted by Gasteiger charge is -2.11. The van der Waals surface area contributed by atoms with E-state index in [-0.39, 0.29) is 11.2 Å². The van der Waals surface area contributed by atoms with Crippen molar-refractivity contribution in [2.45, 2.75) is 30.8 Å². The van der Waals surface area contributed by atoms with Crippen molar-refractivity contribution in [3.8, 4) is 11.4 Å². The molecule has 1 amide bonds. The first-order valence-corrected chi connectivity index (χ1v) is 9.46. The zero-order chi connectivity index (χ0) is 18.5. The highest BCUT2D eigenvalue weighted by molar-refractivity contribution is 8.00. The number of aromatic amines is 1. The lowest BCUT2D eigenvalue weighted by molar-refractivity contribution is -0.120. The van der Waals surface area contributed by atoms with Crippen LogP contribution in [0.5, 0.6) is 0 Å². The van der Waals surface area contributed by atoms with Crippen molar-refractivity contribution < 1.29 is 4.79 Å². The van der Waals surface area contributed by atoms with Crippen LogP contribution >= 0.6 is 23.4 Å². The van der Waals surface area contributed by atoms with Gasteiger partial charge in [-0.25, -0.2) is 4.98 Å². The molecule has 0 saturated carbocycles. The van der Waals surface area contributed by atoms with Gasteiger partial charge in [0.05, 0.1) is 5.25 Å². The van der Waals surface area contributed by atoms with E-state index in [4.69, 9.17) is 11.6 Å². The number of carbonyl (C=O) groups is 1. The lowest BCUT2D eigenvalue weighted by Crippen LogP contribution is -2.30. The average Bonchev–Trinajstić information content (AvgIpc) is 3.09. The summed E-state index contributed by atoms with van der Waals surface area (Å²) in [5.74, 6) is 0.604. The molecule has 2 N–H and O–H groups in total. The molecule has 0 saturated heterocycles. The number of aromatic nitrogens is 3. The summed E-state index contributed by atoms with van der Waals surface area (Å²) in [4.78, 5) is 16.8. The maximum Gasteiger partial charge on any atom is 0.233 e. The number of halogens is 1. The van der Waals surface area contributed by atoms with Gasteiger partial charge in [0.1, 0.15) is 0 Å². The molecule has 1 unspecified atom stereocenters. The maximum atomic E-state index is 12.3. The highest BCUT2D eigenvalue weighted by atomic mass is 35.5. The Morgan fingerprint density at radius 3 is 2.69 bits per heavy atom. The van der Waals surface area contributed by atoms with Gasteiger partial charge < -0.3 is 5.32 Å². The Labute approximate surface area is 161 Å². The topological polar surface area (TPSA) is 70.7 Å². The molecule has 2 aromatic carbocycles. The monoisotopic (exact) mass is 386 g/mol. The number of rotatable bonds is 6. The number of amides is 1. The van der Waals surface area contributed by atoms with E-state index in [0.29, 0.717) is 22.5 Å². The summed E-state index contributed by atoms with van der Waals surface area (Å²) in [6.45, 7) is 4.26. The molecule has 26 heavy (non-hydrogen) atoms. The van der Waals surface area contributed by atoms with Gasteiger partial charge in [-0.2, -0.15) is 0 Å². The highest BCUT2D eigenvalue weighted by Gasteiger charge is 2.17. The molecule has 1 aromatic heterocycles. The fourth-order valence-electron chi connectivity index (χ4n) is 2.32. The van der Waals surface area contributed by atoms with E-state index < -0.39 is 0 Å². The van der Waals surface area contributed by atoms with E-state index in [1.165, 1.54) is 17.3 Å². The quantitative estimate of drug-likeness (QED) is 0.622. The van der Waals surface area contributed by atoms with Gasteiger partial charge in [-0.15, -0.1) is 5.10 Å². The van der Waals surface area contributed by atoms with Gasteiger partial charge >= 0.3 is 0 Å². The number of carbonyl (C=O) groups excluding carboxylic acids is 1. The second kappa shape index (κ2) is 8.38. The first kappa shape index (κ1) is 18.5. The number of hydrogen-bond donors (Lipinski definition) is 2. The van der Waals surface area contributed by atoms with Crippen LogP contribution in [0, 0.1) is 6.92 Å². The van der Waals surface area contributed by atoms with Crippen molar-refractivity contribution in [1.29, 1.82) is 0 Å². The Morgan fingerprint density at radius 2 is 1.96 bits per heavy atom. The molecule has 134 valence electrons. The molecule has 3 rings (SSSR count). The standard InChI is InChI=1S/C19H19ClN4OS/c1-12-7-9-14(10-8-12)17-22-19(24-23-17)26-13(2)18(25)21-11-15-5-3-4-6-16(15)20/h3-10,13H,11H2,1-2H3,(H,21,25)(H,22,23,24). The fraction of sp³-hybridized carbons (Fsp3) is 0.211. The molecule has 0 aliphatic carbocycles. The largest absolute Gasteiger partial charge is 0.351 e. The SMILES string of the molecule is Cc1ccc(-c2nc(SC(C)C(=O)NCc3ccccc3Cl)n[nH]2)cc1. The van der Waals surface area contributed by atoms with Gasteiger partial charge in [0.25, 0.3) is 0 Å². The van der Waals surface area contributed by atoms with Crippen LogP contribution in [-0.4, -0.2) is 26.3 Å². The second-order valence-electron chi connectivity index (χ2n) is 5.90. The van der Waals surface area contributed by atoms with Crippen LogP contribution in [0.4, 0.5) is 0 Å². The molecule has 0 spiro atoms. The maximum absolute atomic E-state index is 12.3. The molecule has 7 heteroatoms. The minimum absolute atomic E-state index is 0.0865. The van der Waals surface area contributed by atoms with Crippen LogP contribution in [0.3, 0.4) is 0 Å². The van der Waals surface area contributed by atoms with Crippen LogP contribution in [0.25, 0.3) is 11.4 Å². The molecule has 3 aromatic rings. The molecule has 0 fully saturated rings. The average molecular weight is 387 g/mol. The molecule has 0 radical (unpaired) electrons. The van der Waals surface area contributed by atoms with Gasteiger partial charge in [-0.05, 0) is 25.5 Å². The van der Waals surface area contributed by atoms with E-state index in [1.807, 2.05) is 62.4 Å². The van der Waals surface area contributed by atoms with Crippen molar-refractivity contribution >= 4 is 29.3 Å². The Balaban J connectivity index is 1.57. The molecule has 0 aliphatic heterocycles. The molecule has 1 heterocycles. The van der Waals surface area contributed by atoms with Crippen LogP contribution in [0.15, 0.2) is 53.7 Å². The summed E-state index contributed by atoms with van der Waals surface area (Å²) >= 11 is 7.42. The number of thioether (sulfide) groups is 1. The summed E-state index contributed by atoms with van der Waals surface area (Å²) in [7, 11) is 0. The van der Waals surface area contributed by atoms with Crippen molar-refractivity contribution in [1.82, 2.24) is 20.5 Å². The number of nitrogens with zero attached hydrogens (tertiary/aromatic N) is 2. The third-order valence-electron chi connectivity index (χ3n) is 3.85. The van der Waals surface area contributed by atoms with E-state index in [1.54, 1.807) is 0 Å². The Hall–Kier alpha value is -2.31. The molecule has 1 atom stereocenters. The molecular weight excluding hydrogens is 368 g/mol. The van der Waals surface area contributed by atoms with Gasteiger partial charge in [0, 0.05) is 17.1 Å². The Kier molecular flexibility index (Phi) is 5.96. The molecular formula is C19H19ClN4OS. The first-order chi connectivity index (χ1) is 12.5. The van der Waals surface area contributed by atoms with Crippen molar-refractivity contribution in [2.24, 2.45) is 0 Å². The van der Waals surface area contributed by atoms with E-state index in [0.717, 1.165) is 11.1 Å². The van der Waals surface area contributed by atoms with Gasteiger partial charge in [-0.1, -0.05) is 71.4 Å². The van der Waals surface area contributed by atoms with Gasteiger partial charge in [0.2, 0.25) is 11.1 Å². The minimum Gasteiger partial charge on any atom is -0.351 e. The van der Waals surface area contributed by atoms with Crippen LogP contribution < -0.4 is 5.32 Å². The van der Waals surface area contributed by atoms with E-state index >= 15 is 0 Å². The first-order valence-electron chi connectivity index (χ1n) is 8.20. The number of nitrogens with one attached hydrogen (secondary N) is 2. The smallest absolute Gasteiger partial charge is 0.233 e. The Bertz CT molecular complexity index is 895. The number of benzene rings is 2. The summed E-state index contributed by atoms with van der Waals surface area (Å²) in [6, 6.07) is 15.5. The molecule has 0 aliphatic rings. The fourth-order valence-corrected chi connectivity index (χ4v) is 3.27. The zero-order valence-electron chi connectivity index (χ0n) is 14.5. The van der Waals surface area contributed by atoms with E-state index in [2.05, 4.69) is 20.5 Å². The summed E-state index contributed by atoms with van der Waals surface area (Å²) < 4.78 is 0. The number of hydrogen-bond acceptors (Lipinski definition) is 4. The third kappa shape index (κ3) is 4.65. The van der Waals surface area contributed by atoms with Gasteiger partial charge in [-0.3, -0.25) is 9.89 Å². The number of aryl methyl sites for hydroxylation is 1. The van der Waals surface area contributed by atoms with Crippen LogP contribution in [0.2, 0.25) is 5.02 Å². The predicted molar refractivity (Wildman–Crippen MR) is 105 cm³/mol. The van der Waals surface area contributed by atoms with Crippen molar-refractivity contribution in [2.75, 3.05) is 0 Å². The zero-order valence-corrected chi connectivity index (χ0v) is 16.1. The van der Waals surface area contributed by atoms with Crippen LogP contribution in [0.1, 0.15) is 18.1 Å². The predicted octanol–water partition coefficient (Wildman–Crippen LogP) is 4.23. The lowest BCUT2D eigenvalue weighted by atomic mass is 10.1. The Morgan fingerprint density at radius 1 is 1.23 bits per heavy atom. The van der Waals surface area contributed by atoms with E-state index in [9.17, 15) is 4.79 Å². The minimum atomic E-state index is -0.320. The summed E-state index contributed by atoms with van der Waals surface area (Å²) in [5.41, 5.74) is 3.04. The third-order valence-corrected chi connectivity index (χ3v) is 5.18.